The summed E-state index contributed by atoms with van der Waals surface area (Å²) in [6.45, 7) is 15.7. The highest BCUT2D eigenvalue weighted by atomic mass is 35.5. The summed E-state index contributed by atoms with van der Waals surface area (Å²) in [5.74, 6) is -0.916. The number of aromatic nitrogens is 3. The molecule has 1 amide bonds. The van der Waals surface area contributed by atoms with Gasteiger partial charge in [0.1, 0.15) is 24.0 Å². The first-order chi connectivity index (χ1) is 20.9. The highest BCUT2D eigenvalue weighted by molar-refractivity contribution is 6.31. The fraction of sp³-hybridized carbons (Fsp3) is 0.433. The molecule has 44 heavy (non-hydrogen) atoms. The zero-order chi connectivity index (χ0) is 33.9. The maximum atomic E-state index is 14.9. The molecule has 0 aliphatic heterocycles. The highest BCUT2D eigenvalue weighted by Gasteiger charge is 2.30. The minimum absolute atomic E-state index is 0.0703. The molecule has 0 spiro atoms. The lowest BCUT2D eigenvalue weighted by Crippen LogP contribution is -2.26. The van der Waals surface area contributed by atoms with Gasteiger partial charge in [0.15, 0.2) is 5.82 Å². The number of halogens is 5. The van der Waals surface area contributed by atoms with Crippen molar-refractivity contribution in [3.05, 3.63) is 64.7 Å². The van der Waals surface area contributed by atoms with E-state index in [4.69, 9.17) is 21.1 Å². The molecule has 0 aromatic carbocycles. The SMILES string of the molecule is C=Cc1nc(CC)c(C(=O)NCc2cnc(C(=C)N=C(CCCNC)CC(F)(F)F)c(F)c2)n1/C=C(/Cl)COC.C=O.CC. The monoisotopic (exact) mass is 644 g/mol. The van der Waals surface area contributed by atoms with Crippen LogP contribution >= 0.6 is 11.6 Å². The minimum Gasteiger partial charge on any atom is -0.379 e. The summed E-state index contributed by atoms with van der Waals surface area (Å²) in [5.41, 5.74) is 0.399. The second-order valence-corrected chi connectivity index (χ2v) is 9.17. The van der Waals surface area contributed by atoms with Crippen molar-refractivity contribution in [3.63, 3.8) is 0 Å². The van der Waals surface area contributed by atoms with Crippen LogP contribution in [0.4, 0.5) is 17.6 Å². The molecular formula is C30H41ClF4N6O3. The van der Waals surface area contributed by atoms with E-state index in [1.54, 1.807) is 7.05 Å². The van der Waals surface area contributed by atoms with Crippen LogP contribution in [0.15, 0.2) is 35.4 Å². The molecule has 0 atom stereocenters. The molecule has 2 heterocycles. The van der Waals surface area contributed by atoms with E-state index in [0.29, 0.717) is 41.5 Å². The first-order valence-corrected chi connectivity index (χ1v) is 14.1. The lowest BCUT2D eigenvalue weighted by atomic mass is 10.1. The van der Waals surface area contributed by atoms with Crippen molar-refractivity contribution in [1.82, 2.24) is 25.2 Å². The Morgan fingerprint density at radius 2 is 1.93 bits per heavy atom. The van der Waals surface area contributed by atoms with Crippen LogP contribution in [0.25, 0.3) is 18.0 Å². The topological polar surface area (TPSA) is 111 Å². The van der Waals surface area contributed by atoms with Gasteiger partial charge in [-0.2, -0.15) is 13.2 Å². The normalized spacial score (nSPS) is 11.6. The van der Waals surface area contributed by atoms with Crippen molar-refractivity contribution in [1.29, 1.82) is 0 Å². The average molecular weight is 645 g/mol. The Morgan fingerprint density at radius 1 is 1.27 bits per heavy atom. The third-order valence-electron chi connectivity index (χ3n) is 5.51. The second-order valence-electron chi connectivity index (χ2n) is 8.68. The number of aryl methyl sites for hydroxylation is 1. The lowest BCUT2D eigenvalue weighted by molar-refractivity contribution is -0.121. The van der Waals surface area contributed by atoms with Crippen LogP contribution in [0, 0.1) is 5.82 Å². The summed E-state index contributed by atoms with van der Waals surface area (Å²) in [6, 6.07) is 1.12. The molecule has 2 rings (SSSR count). The molecule has 0 aliphatic rings. The number of rotatable bonds is 15. The number of hydrogen-bond donors (Lipinski definition) is 2. The van der Waals surface area contributed by atoms with Crippen LogP contribution < -0.4 is 10.6 Å². The summed E-state index contributed by atoms with van der Waals surface area (Å²) in [4.78, 5) is 33.5. The Balaban J connectivity index is 0.00000443. The molecule has 0 saturated heterocycles. The van der Waals surface area contributed by atoms with Gasteiger partial charge in [-0.1, -0.05) is 45.5 Å². The van der Waals surface area contributed by atoms with E-state index in [1.165, 1.54) is 30.1 Å². The van der Waals surface area contributed by atoms with Gasteiger partial charge in [-0.05, 0) is 50.6 Å². The van der Waals surface area contributed by atoms with Gasteiger partial charge in [-0.3, -0.25) is 19.3 Å². The van der Waals surface area contributed by atoms with Gasteiger partial charge in [-0.15, -0.1) is 0 Å². The highest BCUT2D eigenvalue weighted by Crippen LogP contribution is 2.25. The number of amides is 1. The number of ether oxygens (including phenoxy) is 1. The Bertz CT molecular complexity index is 1290. The molecule has 2 N–H and O–H groups in total. The van der Waals surface area contributed by atoms with Crippen LogP contribution in [0.1, 0.15) is 73.3 Å². The van der Waals surface area contributed by atoms with Crippen molar-refractivity contribution in [2.45, 2.75) is 59.2 Å². The average Bonchev–Trinajstić information content (AvgIpc) is 3.34. The van der Waals surface area contributed by atoms with Crippen molar-refractivity contribution in [3.8, 4) is 0 Å². The third kappa shape index (κ3) is 13.3. The van der Waals surface area contributed by atoms with Gasteiger partial charge >= 0.3 is 6.18 Å². The smallest absolute Gasteiger partial charge is 0.379 e. The molecule has 14 heteroatoms. The fourth-order valence-corrected chi connectivity index (χ4v) is 3.96. The van der Waals surface area contributed by atoms with Crippen LogP contribution in [-0.4, -0.2) is 66.4 Å². The zero-order valence-electron chi connectivity index (χ0n) is 25.8. The minimum atomic E-state index is -4.46. The van der Waals surface area contributed by atoms with Gasteiger partial charge in [0.25, 0.3) is 5.91 Å². The fourth-order valence-electron chi connectivity index (χ4n) is 3.76. The summed E-state index contributed by atoms with van der Waals surface area (Å²) < 4.78 is 60.4. The summed E-state index contributed by atoms with van der Waals surface area (Å²) >= 11 is 6.20. The van der Waals surface area contributed by atoms with Crippen molar-refractivity contribution in [2.75, 3.05) is 27.3 Å². The van der Waals surface area contributed by atoms with Crippen molar-refractivity contribution >= 4 is 48.0 Å². The zero-order valence-corrected chi connectivity index (χ0v) is 26.5. The number of methoxy groups -OCH3 is 1. The first-order valence-electron chi connectivity index (χ1n) is 13.7. The van der Waals surface area contributed by atoms with E-state index in [0.717, 1.165) is 6.07 Å². The number of carbonyl (C=O) groups is 2. The molecule has 0 unspecified atom stereocenters. The predicted octanol–water partition coefficient (Wildman–Crippen LogP) is 6.44. The molecule has 0 bridgehead atoms. The van der Waals surface area contributed by atoms with E-state index >= 15 is 0 Å². The molecule has 2 aromatic heterocycles. The molecule has 0 saturated carbocycles. The van der Waals surface area contributed by atoms with Gasteiger partial charge in [0.05, 0.1) is 29.5 Å². The van der Waals surface area contributed by atoms with Gasteiger partial charge in [0, 0.05) is 31.8 Å². The van der Waals surface area contributed by atoms with E-state index in [9.17, 15) is 22.4 Å². The van der Waals surface area contributed by atoms with Crippen LogP contribution in [0.3, 0.4) is 0 Å². The third-order valence-corrected chi connectivity index (χ3v) is 5.72. The summed E-state index contributed by atoms with van der Waals surface area (Å²) in [5, 5.41) is 5.89. The van der Waals surface area contributed by atoms with Crippen molar-refractivity contribution < 1.29 is 31.9 Å². The number of nitrogens with zero attached hydrogens (tertiary/aromatic N) is 4. The second kappa shape index (κ2) is 21.1. The van der Waals surface area contributed by atoms with Crippen LogP contribution in [0.2, 0.25) is 0 Å². The van der Waals surface area contributed by atoms with Gasteiger partial charge in [-0.25, -0.2) is 9.37 Å². The molecule has 2 aromatic rings. The summed E-state index contributed by atoms with van der Waals surface area (Å²) in [7, 11) is 3.17. The Morgan fingerprint density at radius 3 is 2.45 bits per heavy atom. The first kappa shape index (κ1) is 40.3. The molecular weight excluding hydrogens is 604 g/mol. The largest absolute Gasteiger partial charge is 0.394 e. The Hall–Kier alpha value is -3.68. The number of aliphatic imine (C=N–C) groups is 1. The number of pyridine rings is 1. The van der Waals surface area contributed by atoms with Crippen molar-refractivity contribution in [2.24, 2.45) is 4.99 Å². The maximum Gasteiger partial charge on any atom is 0.394 e. The maximum absolute atomic E-state index is 14.9. The van der Waals surface area contributed by atoms with Gasteiger partial charge in [0.2, 0.25) is 0 Å². The number of alkyl halides is 3. The standard InChI is InChI=1S/C27H33ClF4N6O2.C2H6.CH2O/c1-6-22-25(38(23(7-2)37-22)15-19(28)16-40-5)26(39)35-14-18-11-21(29)24(34-13-18)17(3)36-20(9-8-10-33-4)12-27(30,31)32;2*1-2/h7,11,13,15,33H,2-3,6,8-10,12,14,16H2,1,4-5H3,(H,35,39);1-2H3;1H2/b19-15+,36-20?;;. The quantitative estimate of drug-likeness (QED) is 0.131. The van der Waals surface area contributed by atoms with E-state index < -0.39 is 24.3 Å². The number of carbonyl (C=O) groups excluding carboxylic acids is 2. The van der Waals surface area contributed by atoms with E-state index in [1.807, 2.05) is 27.6 Å². The molecule has 0 aliphatic carbocycles. The summed E-state index contributed by atoms with van der Waals surface area (Å²) in [6.07, 6.45) is -0.448. The lowest BCUT2D eigenvalue weighted by Gasteiger charge is -2.12. The van der Waals surface area contributed by atoms with E-state index in [-0.39, 0.29) is 42.4 Å². The Labute approximate surface area is 261 Å². The number of hydrogen-bond acceptors (Lipinski definition) is 7. The number of imidazole rings is 1. The molecule has 9 nitrogen and oxygen atoms in total. The molecule has 0 radical (unpaired) electrons. The van der Waals surface area contributed by atoms with E-state index in [2.05, 4.69) is 38.8 Å². The molecule has 0 fully saturated rings. The van der Waals surface area contributed by atoms with Crippen LogP contribution in [0.5, 0.6) is 0 Å². The number of nitrogens with one attached hydrogen (secondary N) is 2. The predicted molar refractivity (Wildman–Crippen MR) is 168 cm³/mol. The molecule has 244 valence electrons. The van der Waals surface area contributed by atoms with Gasteiger partial charge < -0.3 is 20.2 Å². The Kier molecular flexibility index (Phi) is 19.3. The van der Waals surface area contributed by atoms with Crippen LogP contribution in [-0.2, 0) is 22.5 Å².